The predicted octanol–water partition coefficient (Wildman–Crippen LogP) is 7.06. The summed E-state index contributed by atoms with van der Waals surface area (Å²) in [5.41, 5.74) is 3.60. The molecular formula is C32H24ClN3O2S. The van der Waals surface area contributed by atoms with Gasteiger partial charge in [-0.2, -0.15) is 0 Å². The second-order valence-electron chi connectivity index (χ2n) is 9.42. The van der Waals surface area contributed by atoms with Gasteiger partial charge in [0.1, 0.15) is 5.57 Å². The molecule has 1 saturated heterocycles. The first kappa shape index (κ1) is 25.0. The van der Waals surface area contributed by atoms with Crippen molar-refractivity contribution in [3.63, 3.8) is 0 Å². The van der Waals surface area contributed by atoms with Crippen molar-refractivity contribution in [1.29, 1.82) is 0 Å². The van der Waals surface area contributed by atoms with E-state index >= 15 is 0 Å². The number of amides is 2. The lowest BCUT2D eigenvalue weighted by atomic mass is 10.1. The Hall–Kier alpha value is -4.26. The Morgan fingerprint density at radius 3 is 2.33 bits per heavy atom. The molecule has 1 aliphatic heterocycles. The van der Waals surface area contributed by atoms with Gasteiger partial charge in [-0.3, -0.25) is 19.4 Å². The van der Waals surface area contributed by atoms with E-state index in [1.165, 1.54) is 20.6 Å². The molecule has 0 saturated carbocycles. The van der Waals surface area contributed by atoms with Crippen molar-refractivity contribution in [2.45, 2.75) is 13.5 Å². The largest absolute Gasteiger partial charge is 0.342 e. The number of likely N-dealkylation sites (N-methyl/N-ethyl adjacent to an activating group) is 1. The number of nitrogens with zero attached hydrogens (tertiary/aromatic N) is 3. The van der Waals surface area contributed by atoms with E-state index in [1.807, 2.05) is 43.5 Å². The quantitative estimate of drug-likeness (QED) is 0.134. The molecule has 2 heterocycles. The lowest BCUT2D eigenvalue weighted by Crippen LogP contribution is -2.56. The minimum absolute atomic E-state index is 0.0639. The van der Waals surface area contributed by atoms with E-state index in [0.29, 0.717) is 23.8 Å². The standard InChI is InChI=1S/C32H24ClN3O2S/c1-2-35-30(37)28(31(38)36(32(35)39)26-15-13-25(33)14-16-26)18-24-20-34(29-10-6-5-9-27(24)29)19-21-11-12-22-7-3-4-8-23(22)17-21/h3-18,20H,2,19H2,1H3/b28-18+. The molecule has 0 N–H and O–H groups in total. The topological polar surface area (TPSA) is 45.6 Å². The monoisotopic (exact) mass is 549 g/mol. The van der Waals surface area contributed by atoms with Gasteiger partial charge in [-0.15, -0.1) is 0 Å². The van der Waals surface area contributed by atoms with Crippen molar-refractivity contribution in [2.24, 2.45) is 0 Å². The Morgan fingerprint density at radius 2 is 1.56 bits per heavy atom. The highest BCUT2D eigenvalue weighted by Crippen LogP contribution is 2.30. The van der Waals surface area contributed by atoms with E-state index in [-0.39, 0.29) is 10.7 Å². The first-order valence-electron chi connectivity index (χ1n) is 12.7. The van der Waals surface area contributed by atoms with Crippen LogP contribution in [0.15, 0.2) is 103 Å². The van der Waals surface area contributed by atoms with Crippen molar-refractivity contribution in [3.05, 3.63) is 119 Å². The zero-order valence-electron chi connectivity index (χ0n) is 21.2. The van der Waals surface area contributed by atoms with Gasteiger partial charge in [-0.05, 0) is 78.0 Å². The van der Waals surface area contributed by atoms with Gasteiger partial charge in [0.25, 0.3) is 11.8 Å². The van der Waals surface area contributed by atoms with E-state index in [9.17, 15) is 9.59 Å². The van der Waals surface area contributed by atoms with Crippen LogP contribution in [-0.2, 0) is 16.1 Å². The van der Waals surface area contributed by atoms with Crippen LogP contribution in [-0.4, -0.2) is 32.9 Å². The summed E-state index contributed by atoms with van der Waals surface area (Å²) >= 11 is 11.6. The van der Waals surface area contributed by atoms with Crippen LogP contribution >= 0.6 is 23.8 Å². The molecule has 0 atom stereocenters. The van der Waals surface area contributed by atoms with Crippen molar-refractivity contribution < 1.29 is 9.59 Å². The summed E-state index contributed by atoms with van der Waals surface area (Å²) in [6.45, 7) is 2.83. The van der Waals surface area contributed by atoms with Crippen molar-refractivity contribution >= 4 is 74.2 Å². The van der Waals surface area contributed by atoms with Gasteiger partial charge >= 0.3 is 0 Å². The normalized spacial score (nSPS) is 15.2. The molecule has 0 radical (unpaired) electrons. The number of carbonyl (C=O) groups is 2. The Morgan fingerprint density at radius 1 is 0.846 bits per heavy atom. The van der Waals surface area contributed by atoms with Gasteiger partial charge < -0.3 is 4.57 Å². The summed E-state index contributed by atoms with van der Waals surface area (Å²) in [7, 11) is 0. The highest BCUT2D eigenvalue weighted by Gasteiger charge is 2.39. The summed E-state index contributed by atoms with van der Waals surface area (Å²) in [6, 6.07) is 29.6. The fourth-order valence-electron chi connectivity index (χ4n) is 5.08. The fourth-order valence-corrected chi connectivity index (χ4v) is 5.61. The molecule has 192 valence electrons. The van der Waals surface area contributed by atoms with E-state index in [4.69, 9.17) is 23.8 Å². The first-order valence-corrected chi connectivity index (χ1v) is 13.5. The maximum absolute atomic E-state index is 13.7. The Bertz CT molecular complexity index is 1810. The minimum atomic E-state index is -0.455. The second-order valence-corrected chi connectivity index (χ2v) is 10.2. The molecule has 1 aromatic heterocycles. The Balaban J connectivity index is 1.43. The third-order valence-corrected chi connectivity index (χ3v) is 7.67. The average molecular weight is 550 g/mol. The number of hydrogen-bond donors (Lipinski definition) is 0. The highest BCUT2D eigenvalue weighted by molar-refractivity contribution is 7.80. The first-order chi connectivity index (χ1) is 18.9. The molecule has 1 fully saturated rings. The van der Waals surface area contributed by atoms with Gasteiger partial charge in [-0.1, -0.05) is 66.2 Å². The van der Waals surface area contributed by atoms with Crippen LogP contribution < -0.4 is 4.90 Å². The molecule has 4 aromatic carbocycles. The number of para-hydroxylation sites is 1. The van der Waals surface area contributed by atoms with E-state index < -0.39 is 11.8 Å². The van der Waals surface area contributed by atoms with Crippen LogP contribution in [0.2, 0.25) is 5.02 Å². The number of carbonyl (C=O) groups excluding carboxylic acids is 2. The summed E-state index contributed by atoms with van der Waals surface area (Å²) in [5, 5.41) is 4.05. The zero-order chi connectivity index (χ0) is 27.1. The van der Waals surface area contributed by atoms with Gasteiger partial charge in [-0.25, -0.2) is 0 Å². The molecule has 0 bridgehead atoms. The van der Waals surface area contributed by atoms with Crippen LogP contribution in [0.5, 0.6) is 0 Å². The predicted molar refractivity (Wildman–Crippen MR) is 162 cm³/mol. The smallest absolute Gasteiger partial charge is 0.270 e. The number of hydrogen-bond acceptors (Lipinski definition) is 3. The second kappa shape index (κ2) is 10.1. The number of fused-ring (bicyclic) bond motifs is 2. The van der Waals surface area contributed by atoms with Crippen molar-refractivity contribution in [2.75, 3.05) is 11.4 Å². The third kappa shape index (κ3) is 4.52. The van der Waals surface area contributed by atoms with Gasteiger partial charge in [0, 0.05) is 40.8 Å². The summed E-state index contributed by atoms with van der Waals surface area (Å²) < 4.78 is 2.16. The molecule has 39 heavy (non-hydrogen) atoms. The average Bonchev–Trinajstić information content (AvgIpc) is 3.29. The maximum atomic E-state index is 13.7. The van der Waals surface area contributed by atoms with Crippen LogP contribution in [0.1, 0.15) is 18.1 Å². The van der Waals surface area contributed by atoms with Crippen LogP contribution in [0, 0.1) is 0 Å². The molecule has 5 aromatic rings. The lowest BCUT2D eigenvalue weighted by Gasteiger charge is -2.36. The number of halogens is 1. The summed E-state index contributed by atoms with van der Waals surface area (Å²) in [5.74, 6) is -0.854. The fraction of sp³-hybridized carbons (Fsp3) is 0.0938. The van der Waals surface area contributed by atoms with Crippen LogP contribution in [0.25, 0.3) is 27.8 Å². The number of anilines is 1. The van der Waals surface area contributed by atoms with Gasteiger partial charge in [0.15, 0.2) is 5.11 Å². The maximum Gasteiger partial charge on any atom is 0.270 e. The molecule has 2 amide bonds. The molecule has 1 aliphatic rings. The molecular weight excluding hydrogens is 526 g/mol. The Kier molecular flexibility index (Phi) is 6.51. The zero-order valence-corrected chi connectivity index (χ0v) is 22.7. The van der Waals surface area contributed by atoms with Crippen molar-refractivity contribution in [1.82, 2.24) is 9.47 Å². The number of benzene rings is 4. The molecule has 0 spiro atoms. The van der Waals surface area contributed by atoms with Gasteiger partial charge in [0.05, 0.1) is 5.69 Å². The molecule has 7 heteroatoms. The molecule has 5 nitrogen and oxygen atoms in total. The Labute approximate surface area is 236 Å². The van der Waals surface area contributed by atoms with Gasteiger partial charge in [0.2, 0.25) is 0 Å². The van der Waals surface area contributed by atoms with Crippen molar-refractivity contribution in [3.8, 4) is 0 Å². The van der Waals surface area contributed by atoms with E-state index in [0.717, 1.165) is 22.0 Å². The van der Waals surface area contributed by atoms with Crippen LogP contribution in [0.4, 0.5) is 5.69 Å². The summed E-state index contributed by atoms with van der Waals surface area (Å²) in [6.07, 6.45) is 3.69. The lowest BCUT2D eigenvalue weighted by molar-refractivity contribution is -0.127. The van der Waals surface area contributed by atoms with E-state index in [1.54, 1.807) is 30.3 Å². The molecule has 0 unspecified atom stereocenters. The SMILES string of the molecule is CCN1C(=O)/C(=C\c2cn(Cc3ccc4ccccc4c3)c3ccccc23)C(=O)N(c2ccc(Cl)cc2)C1=S. The third-order valence-electron chi connectivity index (χ3n) is 7.02. The highest BCUT2D eigenvalue weighted by atomic mass is 35.5. The number of aromatic nitrogens is 1. The van der Waals surface area contributed by atoms with E-state index in [2.05, 4.69) is 41.0 Å². The molecule has 6 rings (SSSR count). The summed E-state index contributed by atoms with van der Waals surface area (Å²) in [4.78, 5) is 30.1. The number of rotatable bonds is 5. The number of thiocarbonyl (C=S) groups is 1. The van der Waals surface area contributed by atoms with Crippen LogP contribution in [0.3, 0.4) is 0 Å². The minimum Gasteiger partial charge on any atom is -0.342 e. The molecule has 0 aliphatic carbocycles.